The minimum Gasteiger partial charge on any atom is -0.398 e. The number of alkyl halides is 6. The Morgan fingerprint density at radius 3 is 1.88 bits per heavy atom. The van der Waals surface area contributed by atoms with E-state index in [1.165, 1.54) is 13.1 Å². The predicted molar refractivity (Wildman–Crippen MR) is 145 cm³/mol. The predicted octanol–water partition coefficient (Wildman–Crippen LogP) is 7.74. The molecule has 3 rings (SSSR count). The molecule has 4 nitrogen and oxygen atoms in total. The highest BCUT2D eigenvalue weighted by atomic mass is 19.4. The number of benzene rings is 3. The van der Waals surface area contributed by atoms with Crippen molar-refractivity contribution in [2.45, 2.75) is 52.5 Å². The summed E-state index contributed by atoms with van der Waals surface area (Å²) in [4.78, 5) is 0. The molecular formula is C28H36F8N4. The van der Waals surface area contributed by atoms with Crippen molar-refractivity contribution in [3.63, 3.8) is 0 Å². The van der Waals surface area contributed by atoms with Crippen molar-refractivity contribution >= 4 is 11.4 Å². The Labute approximate surface area is 229 Å². The van der Waals surface area contributed by atoms with Crippen LogP contribution in [-0.4, -0.2) is 13.6 Å². The van der Waals surface area contributed by atoms with Crippen LogP contribution in [0.5, 0.6) is 0 Å². The molecule has 0 amide bonds. The standard InChI is InChI=1S/C16H18F2N2.C9H7F6N.C2H6.CH5N/c1-2-7-20-16-12(9-13(17)10-14(16)18)8-11-5-3-4-6-15(11)19;10-8(11,12)6-2-1-5(4-16)7(3-6)9(13,14)15;2*1-2/h3-6,9-10,20H,2,7-8,19H2,1H3;1-3H,4,16H2;1-2H3;2H2,1H3. The van der Waals surface area contributed by atoms with Gasteiger partial charge in [-0.3, -0.25) is 0 Å². The van der Waals surface area contributed by atoms with Crippen LogP contribution in [-0.2, 0) is 25.3 Å². The highest BCUT2D eigenvalue weighted by Gasteiger charge is 2.37. The van der Waals surface area contributed by atoms with E-state index in [0.717, 1.165) is 24.1 Å². The fourth-order valence-corrected chi connectivity index (χ4v) is 3.31. The van der Waals surface area contributed by atoms with E-state index in [9.17, 15) is 35.1 Å². The van der Waals surface area contributed by atoms with Crippen LogP contribution in [0.2, 0.25) is 0 Å². The first-order valence-corrected chi connectivity index (χ1v) is 12.4. The minimum atomic E-state index is -4.84. The van der Waals surface area contributed by atoms with Crippen LogP contribution in [0.3, 0.4) is 0 Å². The summed E-state index contributed by atoms with van der Waals surface area (Å²) in [6.07, 6.45) is -8.37. The molecule has 0 saturated carbocycles. The fraction of sp³-hybridized carbons (Fsp3) is 0.357. The van der Waals surface area contributed by atoms with Crippen molar-refractivity contribution in [1.82, 2.24) is 0 Å². The SMILES string of the molecule is CC.CCCNc1c(F)cc(F)cc1Cc1ccccc1N.CN.NCc1ccc(C(F)(F)F)cc1C(F)(F)F. The van der Waals surface area contributed by atoms with E-state index >= 15 is 0 Å². The van der Waals surface area contributed by atoms with Gasteiger partial charge < -0.3 is 22.5 Å². The van der Waals surface area contributed by atoms with Gasteiger partial charge in [0.05, 0.1) is 16.8 Å². The largest absolute Gasteiger partial charge is 0.416 e. The Balaban J connectivity index is 0.000000690. The molecule has 0 fully saturated rings. The Kier molecular flexibility index (Phi) is 15.9. The molecule has 3 aromatic carbocycles. The van der Waals surface area contributed by atoms with Crippen molar-refractivity contribution in [2.24, 2.45) is 11.5 Å². The smallest absolute Gasteiger partial charge is 0.398 e. The second-order valence-electron chi connectivity index (χ2n) is 7.80. The van der Waals surface area contributed by atoms with E-state index in [2.05, 4.69) is 11.1 Å². The zero-order chi connectivity index (χ0) is 31.1. The van der Waals surface area contributed by atoms with Crippen LogP contribution in [0.4, 0.5) is 46.5 Å². The molecule has 224 valence electrons. The quantitative estimate of drug-likeness (QED) is 0.177. The Morgan fingerprint density at radius 1 is 0.775 bits per heavy atom. The van der Waals surface area contributed by atoms with Gasteiger partial charge in [-0.2, -0.15) is 26.3 Å². The summed E-state index contributed by atoms with van der Waals surface area (Å²) >= 11 is 0. The average Bonchev–Trinajstić information content (AvgIpc) is 2.91. The second kappa shape index (κ2) is 17.3. The Morgan fingerprint density at radius 2 is 1.38 bits per heavy atom. The van der Waals surface area contributed by atoms with Gasteiger partial charge in [-0.15, -0.1) is 0 Å². The number of halogens is 8. The molecule has 12 heteroatoms. The average molecular weight is 581 g/mol. The number of hydrogen-bond donors (Lipinski definition) is 4. The number of nitrogen functional groups attached to an aromatic ring is 1. The van der Waals surface area contributed by atoms with Crippen LogP contribution in [0.1, 0.15) is 55.0 Å². The highest BCUT2D eigenvalue weighted by molar-refractivity contribution is 5.57. The molecule has 0 bridgehead atoms. The molecule has 0 aliphatic heterocycles. The first kappa shape index (κ1) is 36.6. The van der Waals surface area contributed by atoms with Gasteiger partial charge >= 0.3 is 12.4 Å². The van der Waals surface area contributed by atoms with Crippen LogP contribution in [0, 0.1) is 11.6 Å². The highest BCUT2D eigenvalue weighted by Crippen LogP contribution is 2.37. The second-order valence-corrected chi connectivity index (χ2v) is 7.80. The summed E-state index contributed by atoms with van der Waals surface area (Å²) in [6.45, 7) is 6.16. The minimum absolute atomic E-state index is 0.0716. The van der Waals surface area contributed by atoms with Gasteiger partial charge in [-0.05, 0) is 54.4 Å². The first-order chi connectivity index (χ1) is 18.8. The summed E-state index contributed by atoms with van der Waals surface area (Å²) in [5, 5.41) is 3.02. The zero-order valence-corrected chi connectivity index (χ0v) is 22.8. The lowest BCUT2D eigenvalue weighted by Crippen LogP contribution is -2.15. The molecule has 0 heterocycles. The number of nitrogens with one attached hydrogen (secondary N) is 1. The van der Waals surface area contributed by atoms with E-state index in [1.54, 1.807) is 6.07 Å². The number of anilines is 2. The first-order valence-electron chi connectivity index (χ1n) is 12.4. The van der Waals surface area contributed by atoms with Gasteiger partial charge in [0.2, 0.25) is 0 Å². The molecule has 0 atom stereocenters. The maximum absolute atomic E-state index is 13.9. The summed E-state index contributed by atoms with van der Waals surface area (Å²) < 4.78 is 101. The van der Waals surface area contributed by atoms with Gasteiger partial charge in [0, 0.05) is 31.3 Å². The van der Waals surface area contributed by atoms with Gasteiger partial charge in [-0.1, -0.05) is 45.0 Å². The van der Waals surface area contributed by atoms with Gasteiger partial charge in [0.1, 0.15) is 11.6 Å². The zero-order valence-electron chi connectivity index (χ0n) is 22.8. The van der Waals surface area contributed by atoms with E-state index in [0.29, 0.717) is 36.0 Å². The number of hydrogen-bond acceptors (Lipinski definition) is 4. The normalized spacial score (nSPS) is 10.8. The van der Waals surface area contributed by atoms with E-state index in [1.807, 2.05) is 39.0 Å². The van der Waals surface area contributed by atoms with Gasteiger partial charge in [0.25, 0.3) is 0 Å². The van der Waals surface area contributed by atoms with E-state index in [-0.39, 0.29) is 11.6 Å². The third kappa shape index (κ3) is 11.4. The van der Waals surface area contributed by atoms with Crippen molar-refractivity contribution in [1.29, 1.82) is 0 Å². The fourth-order valence-electron chi connectivity index (χ4n) is 3.31. The van der Waals surface area contributed by atoms with Crippen molar-refractivity contribution in [2.75, 3.05) is 24.6 Å². The maximum atomic E-state index is 13.9. The summed E-state index contributed by atoms with van der Waals surface area (Å²) in [5.41, 5.74) is 14.8. The lowest BCUT2D eigenvalue weighted by Gasteiger charge is -2.14. The summed E-state index contributed by atoms with van der Waals surface area (Å²) in [7, 11) is 1.50. The van der Waals surface area contributed by atoms with Crippen molar-refractivity contribution < 1.29 is 35.1 Å². The van der Waals surface area contributed by atoms with Crippen LogP contribution < -0.4 is 22.5 Å². The lowest BCUT2D eigenvalue weighted by molar-refractivity contribution is -0.143. The topological polar surface area (TPSA) is 90.1 Å². The maximum Gasteiger partial charge on any atom is 0.416 e. The molecule has 0 spiro atoms. The van der Waals surface area contributed by atoms with Crippen molar-refractivity contribution in [3.05, 3.63) is 94.0 Å². The van der Waals surface area contributed by atoms with Crippen molar-refractivity contribution in [3.8, 4) is 0 Å². The molecule has 0 aliphatic carbocycles. The molecule has 0 unspecified atom stereocenters. The van der Waals surface area contributed by atoms with Crippen LogP contribution >= 0.6 is 0 Å². The molecule has 0 saturated heterocycles. The third-order valence-corrected chi connectivity index (χ3v) is 5.09. The molecule has 7 N–H and O–H groups in total. The molecule has 0 aromatic heterocycles. The van der Waals surface area contributed by atoms with E-state index < -0.39 is 41.7 Å². The summed E-state index contributed by atoms with van der Waals surface area (Å²) in [5.74, 6) is -1.14. The number of nitrogens with two attached hydrogens (primary N) is 3. The third-order valence-electron chi connectivity index (χ3n) is 5.09. The molecule has 0 radical (unpaired) electrons. The summed E-state index contributed by atoms with van der Waals surface area (Å²) in [6, 6.07) is 11.0. The lowest BCUT2D eigenvalue weighted by atomic mass is 10.0. The van der Waals surface area contributed by atoms with Gasteiger partial charge in [-0.25, -0.2) is 8.78 Å². The molecule has 3 aromatic rings. The van der Waals surface area contributed by atoms with E-state index in [4.69, 9.17) is 11.5 Å². The van der Waals surface area contributed by atoms with Crippen LogP contribution in [0.15, 0.2) is 54.6 Å². The van der Waals surface area contributed by atoms with Gasteiger partial charge in [0.15, 0.2) is 0 Å². The monoisotopic (exact) mass is 580 g/mol. The number of rotatable bonds is 6. The molecular weight excluding hydrogens is 544 g/mol. The number of para-hydroxylation sites is 1. The van der Waals surface area contributed by atoms with Crippen LogP contribution in [0.25, 0.3) is 0 Å². The Hall–Kier alpha value is -3.38. The molecule has 40 heavy (non-hydrogen) atoms. The Bertz CT molecular complexity index is 1160. The molecule has 0 aliphatic rings.